The molecule has 0 bridgehead atoms. The fourth-order valence-electron chi connectivity index (χ4n) is 4.97. The summed E-state index contributed by atoms with van der Waals surface area (Å²) in [6, 6.07) is 11.0. The fourth-order valence-corrected chi connectivity index (χ4v) is 4.97. The number of hydrogen-bond acceptors (Lipinski definition) is 7. The number of hydrogen-bond donors (Lipinski definition) is 1. The largest absolute Gasteiger partial charge is 0.497 e. The van der Waals surface area contributed by atoms with E-state index >= 15 is 0 Å². The molecule has 38 heavy (non-hydrogen) atoms. The molecule has 2 amide bonds. The third-order valence-corrected chi connectivity index (χ3v) is 6.90. The van der Waals surface area contributed by atoms with Crippen molar-refractivity contribution in [2.45, 2.75) is 19.9 Å². The van der Waals surface area contributed by atoms with Gasteiger partial charge in [-0.15, -0.1) is 0 Å². The zero-order valence-corrected chi connectivity index (χ0v) is 22.3. The SMILES string of the molecule is CCOC(=O)C1=C(CN2CCN(c3ccccc3F)CC2)N(CC)C(=O)NC1c1cc(OC)cc(OC)c1. The van der Waals surface area contributed by atoms with Crippen LogP contribution in [0.4, 0.5) is 14.9 Å². The Bertz CT molecular complexity index is 1170. The number of benzene rings is 2. The van der Waals surface area contributed by atoms with Crippen molar-refractivity contribution in [1.82, 2.24) is 15.1 Å². The number of anilines is 1. The van der Waals surface area contributed by atoms with Gasteiger partial charge in [-0.05, 0) is 43.7 Å². The Morgan fingerprint density at radius 1 is 1.03 bits per heavy atom. The topological polar surface area (TPSA) is 83.6 Å². The molecule has 204 valence electrons. The van der Waals surface area contributed by atoms with Gasteiger partial charge in [-0.1, -0.05) is 12.1 Å². The molecule has 1 fully saturated rings. The number of urea groups is 1. The lowest BCUT2D eigenvalue weighted by Crippen LogP contribution is -2.53. The van der Waals surface area contributed by atoms with Crippen LogP contribution in [0.5, 0.6) is 11.5 Å². The maximum atomic E-state index is 14.3. The van der Waals surface area contributed by atoms with Crippen LogP contribution < -0.4 is 19.7 Å². The van der Waals surface area contributed by atoms with Gasteiger partial charge in [-0.3, -0.25) is 9.80 Å². The molecule has 2 aliphatic rings. The molecule has 1 saturated heterocycles. The van der Waals surface area contributed by atoms with Gasteiger partial charge in [-0.2, -0.15) is 0 Å². The van der Waals surface area contributed by atoms with Crippen LogP contribution in [0.1, 0.15) is 25.5 Å². The number of nitrogens with zero attached hydrogens (tertiary/aromatic N) is 3. The van der Waals surface area contributed by atoms with E-state index in [9.17, 15) is 14.0 Å². The van der Waals surface area contributed by atoms with Crippen LogP contribution in [0.25, 0.3) is 0 Å². The fraction of sp³-hybridized carbons (Fsp3) is 0.429. The van der Waals surface area contributed by atoms with E-state index in [2.05, 4.69) is 10.2 Å². The van der Waals surface area contributed by atoms with Crippen molar-refractivity contribution in [2.24, 2.45) is 0 Å². The molecular weight excluding hydrogens is 491 g/mol. The second kappa shape index (κ2) is 12.2. The van der Waals surface area contributed by atoms with Crippen LogP contribution in [0.2, 0.25) is 0 Å². The van der Waals surface area contributed by atoms with Crippen LogP contribution >= 0.6 is 0 Å². The standard InChI is InChI=1S/C28H35FN4O5/c1-5-33-24(18-31-11-13-32(14-12-31)23-10-8-7-9-22(23)29)25(27(34)38-6-2)26(30-28(33)35)19-15-20(36-3)17-21(16-19)37-4/h7-10,15-17,26H,5-6,11-14,18H2,1-4H3,(H,30,35). The normalized spacial score (nSPS) is 18.3. The van der Waals surface area contributed by atoms with Gasteiger partial charge in [0.15, 0.2) is 0 Å². The van der Waals surface area contributed by atoms with Gasteiger partial charge in [0.05, 0.1) is 38.1 Å². The summed E-state index contributed by atoms with van der Waals surface area (Å²) >= 11 is 0. The first-order chi connectivity index (χ1) is 18.4. The number of esters is 1. The van der Waals surface area contributed by atoms with Gasteiger partial charge in [-0.25, -0.2) is 14.0 Å². The highest BCUT2D eigenvalue weighted by molar-refractivity contribution is 5.95. The Balaban J connectivity index is 1.68. The van der Waals surface area contributed by atoms with Crippen molar-refractivity contribution in [3.8, 4) is 11.5 Å². The molecule has 0 spiro atoms. The lowest BCUT2D eigenvalue weighted by atomic mass is 9.93. The number of para-hydroxylation sites is 1. The first kappa shape index (κ1) is 27.3. The molecule has 1 N–H and O–H groups in total. The molecule has 2 aromatic carbocycles. The smallest absolute Gasteiger partial charge is 0.338 e. The van der Waals surface area contributed by atoms with Gasteiger partial charge in [0.2, 0.25) is 0 Å². The van der Waals surface area contributed by atoms with Crippen LogP contribution in [0.15, 0.2) is 53.7 Å². The highest BCUT2D eigenvalue weighted by Gasteiger charge is 2.39. The summed E-state index contributed by atoms with van der Waals surface area (Å²) in [7, 11) is 3.09. The molecule has 2 aliphatic heterocycles. The van der Waals surface area contributed by atoms with Crippen molar-refractivity contribution in [3.63, 3.8) is 0 Å². The van der Waals surface area contributed by atoms with Gasteiger partial charge in [0.1, 0.15) is 17.3 Å². The molecule has 9 nitrogen and oxygen atoms in total. The number of carbonyl (C=O) groups is 2. The Morgan fingerprint density at radius 2 is 1.68 bits per heavy atom. The number of likely N-dealkylation sites (N-methyl/N-ethyl adjacent to an activating group) is 1. The average molecular weight is 527 g/mol. The zero-order chi connectivity index (χ0) is 27.2. The molecule has 0 aliphatic carbocycles. The van der Waals surface area contributed by atoms with Crippen LogP contribution in [0.3, 0.4) is 0 Å². The van der Waals surface area contributed by atoms with Gasteiger partial charge in [0, 0.05) is 51.0 Å². The number of rotatable bonds is 9. The van der Waals surface area contributed by atoms with Crippen molar-refractivity contribution in [2.75, 3.05) is 65.0 Å². The first-order valence-corrected chi connectivity index (χ1v) is 12.8. The second-order valence-corrected chi connectivity index (χ2v) is 9.07. The molecule has 0 saturated carbocycles. The minimum Gasteiger partial charge on any atom is -0.497 e. The molecule has 1 atom stereocenters. The molecule has 1 unspecified atom stereocenters. The zero-order valence-electron chi connectivity index (χ0n) is 22.3. The summed E-state index contributed by atoms with van der Waals surface area (Å²) in [4.78, 5) is 32.4. The molecule has 10 heteroatoms. The Kier molecular flexibility index (Phi) is 8.73. The number of carbonyl (C=O) groups excluding carboxylic acids is 2. The van der Waals surface area contributed by atoms with Gasteiger partial charge in [0.25, 0.3) is 0 Å². The molecule has 2 aromatic rings. The Labute approximate surface area is 222 Å². The number of amides is 2. The van der Waals surface area contributed by atoms with E-state index in [4.69, 9.17) is 14.2 Å². The monoisotopic (exact) mass is 526 g/mol. The van der Waals surface area contributed by atoms with Crippen LogP contribution in [-0.4, -0.2) is 81.9 Å². The number of halogens is 1. The van der Waals surface area contributed by atoms with Crippen LogP contribution in [-0.2, 0) is 9.53 Å². The molecular formula is C28H35FN4O5. The van der Waals surface area contributed by atoms with Crippen LogP contribution in [0, 0.1) is 5.82 Å². The number of methoxy groups -OCH3 is 2. The van der Waals surface area contributed by atoms with E-state index in [1.54, 1.807) is 56.4 Å². The predicted molar refractivity (Wildman–Crippen MR) is 142 cm³/mol. The third kappa shape index (κ3) is 5.70. The van der Waals surface area contributed by atoms with Crippen molar-refractivity contribution in [1.29, 1.82) is 0 Å². The number of nitrogens with one attached hydrogen (secondary N) is 1. The quantitative estimate of drug-likeness (QED) is 0.500. The lowest BCUT2D eigenvalue weighted by molar-refractivity contribution is -0.139. The summed E-state index contributed by atoms with van der Waals surface area (Å²) in [5.74, 6) is 0.352. The highest BCUT2D eigenvalue weighted by atomic mass is 19.1. The van der Waals surface area contributed by atoms with Gasteiger partial charge >= 0.3 is 12.0 Å². The van der Waals surface area contributed by atoms with Crippen molar-refractivity contribution in [3.05, 3.63) is 65.1 Å². The summed E-state index contributed by atoms with van der Waals surface area (Å²) in [6.45, 7) is 7.11. The third-order valence-electron chi connectivity index (χ3n) is 6.90. The maximum absolute atomic E-state index is 14.3. The maximum Gasteiger partial charge on any atom is 0.338 e. The van der Waals surface area contributed by atoms with E-state index in [0.29, 0.717) is 73.3 Å². The summed E-state index contributed by atoms with van der Waals surface area (Å²) in [5, 5.41) is 2.98. The predicted octanol–water partition coefficient (Wildman–Crippen LogP) is 3.57. The number of ether oxygens (including phenoxy) is 3. The average Bonchev–Trinajstić information content (AvgIpc) is 2.93. The van der Waals surface area contributed by atoms with E-state index in [-0.39, 0.29) is 18.5 Å². The molecule has 2 heterocycles. The Morgan fingerprint density at radius 3 is 2.26 bits per heavy atom. The summed E-state index contributed by atoms with van der Waals surface area (Å²) in [5.41, 5.74) is 2.20. The van der Waals surface area contributed by atoms with E-state index in [1.165, 1.54) is 6.07 Å². The summed E-state index contributed by atoms with van der Waals surface area (Å²) < 4.78 is 30.7. The Hall–Kier alpha value is -3.79. The lowest BCUT2D eigenvalue weighted by Gasteiger charge is -2.41. The minimum atomic E-state index is -0.747. The van der Waals surface area contributed by atoms with Crippen molar-refractivity contribution < 1.29 is 28.2 Å². The van der Waals surface area contributed by atoms with Crippen molar-refractivity contribution >= 4 is 17.7 Å². The second-order valence-electron chi connectivity index (χ2n) is 9.07. The molecule has 0 aromatic heterocycles. The van der Waals surface area contributed by atoms with E-state index < -0.39 is 12.0 Å². The molecule has 4 rings (SSSR count). The van der Waals surface area contributed by atoms with E-state index in [1.807, 2.05) is 17.9 Å². The molecule has 0 radical (unpaired) electrons. The van der Waals surface area contributed by atoms with E-state index in [0.717, 1.165) is 0 Å². The highest BCUT2D eigenvalue weighted by Crippen LogP contribution is 2.36. The minimum absolute atomic E-state index is 0.200. The summed E-state index contributed by atoms with van der Waals surface area (Å²) in [6.07, 6.45) is 0. The van der Waals surface area contributed by atoms with Gasteiger partial charge < -0.3 is 24.4 Å². The first-order valence-electron chi connectivity index (χ1n) is 12.8. The number of piperazine rings is 1.